The quantitative estimate of drug-likeness (QED) is 0.861. The molecule has 2 fully saturated rings. The summed E-state index contributed by atoms with van der Waals surface area (Å²) in [6.07, 6.45) is 9.70. The summed E-state index contributed by atoms with van der Waals surface area (Å²) in [6, 6.07) is 6.06. The standard InChI is InChI=1S/C18H26FN/c19-18-13-15(12-14-8-10-20-11-9-14)6-7-17(18)16-4-2-1-3-5-16/h6-7,13-14,16,20H,1-5,8-12H2. The number of hydrogen-bond acceptors (Lipinski definition) is 1. The van der Waals surface area contributed by atoms with Gasteiger partial charge in [0.25, 0.3) is 0 Å². The summed E-state index contributed by atoms with van der Waals surface area (Å²) in [5, 5.41) is 3.39. The topological polar surface area (TPSA) is 12.0 Å². The molecule has 0 aromatic heterocycles. The second-order valence-corrected chi connectivity index (χ2v) is 6.59. The molecule has 20 heavy (non-hydrogen) atoms. The average molecular weight is 275 g/mol. The van der Waals surface area contributed by atoms with Crippen LogP contribution in [-0.2, 0) is 6.42 Å². The first-order valence-corrected chi connectivity index (χ1v) is 8.32. The molecule has 1 N–H and O–H groups in total. The molecule has 2 heteroatoms. The maximum atomic E-state index is 14.4. The fourth-order valence-electron chi connectivity index (χ4n) is 3.86. The Hall–Kier alpha value is -0.890. The monoisotopic (exact) mass is 275 g/mol. The van der Waals surface area contributed by atoms with Crippen molar-refractivity contribution in [3.05, 3.63) is 35.1 Å². The Morgan fingerprint density at radius 1 is 1.00 bits per heavy atom. The summed E-state index contributed by atoms with van der Waals surface area (Å²) >= 11 is 0. The Balaban J connectivity index is 1.66. The molecule has 110 valence electrons. The smallest absolute Gasteiger partial charge is 0.126 e. The van der Waals surface area contributed by atoms with Crippen molar-refractivity contribution < 1.29 is 4.39 Å². The minimum atomic E-state index is 0.0448. The summed E-state index contributed by atoms with van der Waals surface area (Å²) < 4.78 is 14.4. The Labute approximate surface area is 122 Å². The van der Waals surface area contributed by atoms with Crippen LogP contribution in [0.3, 0.4) is 0 Å². The second kappa shape index (κ2) is 6.71. The van der Waals surface area contributed by atoms with Crippen molar-refractivity contribution in [3.63, 3.8) is 0 Å². The molecule has 1 saturated heterocycles. The lowest BCUT2D eigenvalue weighted by Gasteiger charge is -2.24. The van der Waals surface area contributed by atoms with Crippen LogP contribution in [0.25, 0.3) is 0 Å². The molecule has 2 aliphatic rings. The highest BCUT2D eigenvalue weighted by molar-refractivity contribution is 5.28. The largest absolute Gasteiger partial charge is 0.317 e. The molecule has 1 saturated carbocycles. The van der Waals surface area contributed by atoms with Gasteiger partial charge < -0.3 is 5.32 Å². The van der Waals surface area contributed by atoms with Gasteiger partial charge in [-0.1, -0.05) is 31.4 Å². The SMILES string of the molecule is Fc1cc(CC2CCNCC2)ccc1C1CCCCC1. The van der Waals surface area contributed by atoms with Crippen LogP contribution in [0.5, 0.6) is 0 Å². The first-order valence-electron chi connectivity index (χ1n) is 8.32. The molecule has 0 unspecified atom stereocenters. The minimum Gasteiger partial charge on any atom is -0.317 e. The van der Waals surface area contributed by atoms with Crippen molar-refractivity contribution in [1.82, 2.24) is 5.32 Å². The Bertz CT molecular complexity index is 431. The Morgan fingerprint density at radius 2 is 1.75 bits per heavy atom. The zero-order chi connectivity index (χ0) is 13.8. The summed E-state index contributed by atoms with van der Waals surface area (Å²) in [5.74, 6) is 1.25. The minimum absolute atomic E-state index is 0.0448. The molecule has 3 rings (SSSR count). The van der Waals surface area contributed by atoms with Gasteiger partial charge >= 0.3 is 0 Å². The molecule has 1 aromatic carbocycles. The van der Waals surface area contributed by atoms with Crippen LogP contribution in [0.2, 0.25) is 0 Å². The normalized spacial score (nSPS) is 22.1. The molecule has 0 atom stereocenters. The zero-order valence-corrected chi connectivity index (χ0v) is 12.3. The first-order chi connectivity index (χ1) is 9.83. The fraction of sp³-hybridized carbons (Fsp3) is 0.667. The molecule has 1 aromatic rings. The Morgan fingerprint density at radius 3 is 2.45 bits per heavy atom. The molecule has 0 radical (unpaired) electrons. The van der Waals surface area contributed by atoms with Gasteiger partial charge in [-0.05, 0) is 74.2 Å². The van der Waals surface area contributed by atoms with E-state index in [0.29, 0.717) is 5.92 Å². The third-order valence-electron chi connectivity index (χ3n) is 5.09. The summed E-state index contributed by atoms with van der Waals surface area (Å²) in [4.78, 5) is 0. The van der Waals surface area contributed by atoms with Crippen LogP contribution < -0.4 is 5.32 Å². The van der Waals surface area contributed by atoms with E-state index < -0.39 is 0 Å². The lowest BCUT2D eigenvalue weighted by molar-refractivity contribution is 0.372. The molecule has 1 nitrogen and oxygen atoms in total. The van der Waals surface area contributed by atoms with Crippen molar-refractivity contribution in [2.45, 2.75) is 57.3 Å². The maximum Gasteiger partial charge on any atom is 0.126 e. The highest BCUT2D eigenvalue weighted by Crippen LogP contribution is 2.34. The van der Waals surface area contributed by atoms with Gasteiger partial charge in [0, 0.05) is 0 Å². The van der Waals surface area contributed by atoms with Gasteiger partial charge in [0.1, 0.15) is 5.82 Å². The van der Waals surface area contributed by atoms with Crippen molar-refractivity contribution in [2.24, 2.45) is 5.92 Å². The highest BCUT2D eigenvalue weighted by atomic mass is 19.1. The van der Waals surface area contributed by atoms with E-state index in [1.807, 2.05) is 6.07 Å². The summed E-state index contributed by atoms with van der Waals surface area (Å²) in [7, 11) is 0. The van der Waals surface area contributed by atoms with Gasteiger partial charge in [-0.25, -0.2) is 4.39 Å². The van der Waals surface area contributed by atoms with Crippen molar-refractivity contribution in [1.29, 1.82) is 0 Å². The van der Waals surface area contributed by atoms with Crippen molar-refractivity contribution in [3.8, 4) is 0 Å². The van der Waals surface area contributed by atoms with E-state index in [2.05, 4.69) is 17.4 Å². The predicted octanol–water partition coefficient (Wildman–Crippen LogP) is 4.42. The number of piperidine rings is 1. The number of hydrogen-bond donors (Lipinski definition) is 1. The molecule has 1 aliphatic carbocycles. The number of halogens is 1. The van der Waals surface area contributed by atoms with E-state index in [0.717, 1.165) is 31.0 Å². The van der Waals surface area contributed by atoms with Crippen molar-refractivity contribution in [2.75, 3.05) is 13.1 Å². The lowest BCUT2D eigenvalue weighted by Crippen LogP contribution is -2.28. The second-order valence-electron chi connectivity index (χ2n) is 6.59. The zero-order valence-electron chi connectivity index (χ0n) is 12.3. The van der Waals surface area contributed by atoms with Gasteiger partial charge in [-0.2, -0.15) is 0 Å². The Kier molecular flexibility index (Phi) is 4.72. The highest BCUT2D eigenvalue weighted by Gasteiger charge is 2.20. The lowest BCUT2D eigenvalue weighted by atomic mass is 9.83. The molecule has 0 amide bonds. The maximum absolute atomic E-state index is 14.4. The van der Waals surface area contributed by atoms with E-state index >= 15 is 0 Å². The predicted molar refractivity (Wildman–Crippen MR) is 81.5 cm³/mol. The van der Waals surface area contributed by atoms with E-state index in [9.17, 15) is 4.39 Å². The average Bonchev–Trinajstić information content (AvgIpc) is 2.49. The van der Waals surface area contributed by atoms with Gasteiger partial charge in [-0.15, -0.1) is 0 Å². The van der Waals surface area contributed by atoms with E-state index in [4.69, 9.17) is 0 Å². The third-order valence-corrected chi connectivity index (χ3v) is 5.09. The van der Waals surface area contributed by atoms with Crippen LogP contribution in [-0.4, -0.2) is 13.1 Å². The van der Waals surface area contributed by atoms with Crippen LogP contribution in [0, 0.1) is 11.7 Å². The molecule has 1 heterocycles. The summed E-state index contributed by atoms with van der Waals surface area (Å²) in [6.45, 7) is 2.24. The molecule has 0 spiro atoms. The van der Waals surface area contributed by atoms with Crippen LogP contribution in [0.4, 0.5) is 4.39 Å². The van der Waals surface area contributed by atoms with Crippen molar-refractivity contribution >= 4 is 0 Å². The third kappa shape index (κ3) is 3.41. The van der Waals surface area contributed by atoms with E-state index in [1.165, 1.54) is 50.5 Å². The van der Waals surface area contributed by atoms with Gasteiger partial charge in [0.15, 0.2) is 0 Å². The number of rotatable bonds is 3. The number of nitrogens with one attached hydrogen (secondary N) is 1. The van der Waals surface area contributed by atoms with Gasteiger partial charge in [0.05, 0.1) is 0 Å². The fourth-order valence-corrected chi connectivity index (χ4v) is 3.86. The van der Waals surface area contributed by atoms with Gasteiger partial charge in [0.2, 0.25) is 0 Å². The first kappa shape index (κ1) is 14.1. The molecule has 1 aliphatic heterocycles. The van der Waals surface area contributed by atoms with E-state index in [1.54, 1.807) is 0 Å². The molecule has 0 bridgehead atoms. The van der Waals surface area contributed by atoms with Crippen LogP contribution in [0.1, 0.15) is 62.0 Å². The van der Waals surface area contributed by atoms with Gasteiger partial charge in [-0.3, -0.25) is 0 Å². The van der Waals surface area contributed by atoms with Crippen LogP contribution >= 0.6 is 0 Å². The van der Waals surface area contributed by atoms with E-state index in [-0.39, 0.29) is 5.82 Å². The molecular formula is C18H26FN. The molecular weight excluding hydrogens is 249 g/mol. The van der Waals surface area contributed by atoms with Crippen LogP contribution in [0.15, 0.2) is 18.2 Å². The number of benzene rings is 1. The summed E-state index contributed by atoms with van der Waals surface area (Å²) in [5.41, 5.74) is 2.16.